The highest BCUT2D eigenvalue weighted by Gasteiger charge is 2.33. The molecule has 6 nitrogen and oxygen atoms in total. The average Bonchev–Trinajstić information content (AvgIpc) is 3.01. The molecule has 0 aliphatic carbocycles. The quantitative estimate of drug-likeness (QED) is 0.799. The molecule has 138 valence electrons. The molecule has 1 saturated heterocycles. The van der Waals surface area contributed by atoms with Crippen molar-refractivity contribution in [3.8, 4) is 5.75 Å². The molecule has 0 N–H and O–H groups in total. The monoisotopic (exact) mass is 374 g/mol. The fraction of sp³-hybridized carbons (Fsp3) is 0.368. The Labute approximate surface area is 153 Å². The third-order valence-corrected chi connectivity index (χ3v) is 6.46. The maximum Gasteiger partial charge on any atom is 0.255 e. The van der Waals surface area contributed by atoms with Gasteiger partial charge in [0.05, 0.1) is 24.2 Å². The number of sulfone groups is 1. The fourth-order valence-electron chi connectivity index (χ4n) is 3.22. The second-order valence-electron chi connectivity index (χ2n) is 6.54. The van der Waals surface area contributed by atoms with E-state index in [1.165, 1.54) is 11.1 Å². The number of amides is 1. The van der Waals surface area contributed by atoms with E-state index in [4.69, 9.17) is 4.74 Å². The third-order valence-electron chi connectivity index (χ3n) is 4.71. The Morgan fingerprint density at radius 3 is 2.77 bits per heavy atom. The summed E-state index contributed by atoms with van der Waals surface area (Å²) in [6.45, 7) is 0. The van der Waals surface area contributed by atoms with E-state index in [0.717, 1.165) is 16.9 Å². The lowest BCUT2D eigenvalue weighted by Gasteiger charge is -2.23. The van der Waals surface area contributed by atoms with Crippen LogP contribution in [0.3, 0.4) is 0 Å². The number of ether oxygens (including phenoxy) is 1. The molecule has 0 saturated carbocycles. The van der Waals surface area contributed by atoms with Crippen LogP contribution in [0.4, 0.5) is 0 Å². The number of carbonyl (C=O) groups excluding carboxylic acids is 1. The molecule has 0 radical (unpaired) electrons. The van der Waals surface area contributed by atoms with Gasteiger partial charge in [0.15, 0.2) is 9.84 Å². The van der Waals surface area contributed by atoms with Crippen molar-refractivity contribution in [2.24, 2.45) is 0 Å². The van der Waals surface area contributed by atoms with Gasteiger partial charge in [0, 0.05) is 31.9 Å². The van der Waals surface area contributed by atoms with Crippen LogP contribution in [0.25, 0.3) is 0 Å². The minimum atomic E-state index is -3.04. The summed E-state index contributed by atoms with van der Waals surface area (Å²) in [5.41, 5.74) is 2.37. The zero-order valence-electron chi connectivity index (χ0n) is 14.9. The lowest BCUT2D eigenvalue weighted by Crippen LogP contribution is -2.37. The van der Waals surface area contributed by atoms with Crippen molar-refractivity contribution in [1.29, 1.82) is 0 Å². The lowest BCUT2D eigenvalue weighted by atomic mass is 10.0. The summed E-state index contributed by atoms with van der Waals surface area (Å²) in [4.78, 5) is 18.4. The van der Waals surface area contributed by atoms with Crippen LogP contribution < -0.4 is 4.74 Å². The Balaban J connectivity index is 1.77. The van der Waals surface area contributed by atoms with Crippen molar-refractivity contribution >= 4 is 15.7 Å². The number of carbonyl (C=O) groups is 1. The molecule has 7 heteroatoms. The number of rotatable bonds is 5. The van der Waals surface area contributed by atoms with Crippen LogP contribution >= 0.6 is 0 Å². The minimum absolute atomic E-state index is 0.0313. The first-order valence-electron chi connectivity index (χ1n) is 8.43. The number of aromatic nitrogens is 1. The van der Waals surface area contributed by atoms with E-state index in [1.54, 1.807) is 20.4 Å². The largest absolute Gasteiger partial charge is 0.496 e. The summed E-state index contributed by atoms with van der Waals surface area (Å²) in [6, 6.07) is 9.25. The highest BCUT2D eigenvalue weighted by Crippen LogP contribution is 2.22. The summed E-state index contributed by atoms with van der Waals surface area (Å²) in [7, 11) is 0.244. The predicted molar refractivity (Wildman–Crippen MR) is 99.2 cm³/mol. The first-order valence-corrected chi connectivity index (χ1v) is 10.2. The van der Waals surface area contributed by atoms with Crippen LogP contribution in [-0.4, -0.2) is 55.9 Å². The Bertz CT molecular complexity index is 911. The molecule has 1 aliphatic heterocycles. The number of para-hydroxylation sites is 1. The minimum Gasteiger partial charge on any atom is -0.496 e. The van der Waals surface area contributed by atoms with Gasteiger partial charge in [-0.3, -0.25) is 9.78 Å². The fourth-order valence-corrected chi connectivity index (χ4v) is 4.99. The molecular weight excluding hydrogens is 352 g/mol. The topological polar surface area (TPSA) is 76.6 Å². The molecule has 0 bridgehead atoms. The van der Waals surface area contributed by atoms with Gasteiger partial charge in [-0.1, -0.05) is 18.2 Å². The van der Waals surface area contributed by atoms with E-state index in [0.29, 0.717) is 18.4 Å². The van der Waals surface area contributed by atoms with Gasteiger partial charge in [-0.25, -0.2) is 8.42 Å². The van der Waals surface area contributed by atoms with Crippen molar-refractivity contribution in [2.75, 3.05) is 25.7 Å². The molecule has 1 fully saturated rings. The Morgan fingerprint density at radius 2 is 2.08 bits per heavy atom. The van der Waals surface area contributed by atoms with Crippen molar-refractivity contribution in [3.05, 3.63) is 59.4 Å². The second kappa shape index (κ2) is 7.45. The molecule has 3 rings (SSSR count). The molecule has 0 spiro atoms. The van der Waals surface area contributed by atoms with E-state index >= 15 is 0 Å². The van der Waals surface area contributed by atoms with Gasteiger partial charge >= 0.3 is 0 Å². The van der Waals surface area contributed by atoms with Crippen LogP contribution in [-0.2, 0) is 16.3 Å². The van der Waals surface area contributed by atoms with E-state index in [1.807, 2.05) is 30.3 Å². The average molecular weight is 374 g/mol. The summed E-state index contributed by atoms with van der Waals surface area (Å²) in [5, 5.41) is 0. The van der Waals surface area contributed by atoms with Crippen LogP contribution in [0.2, 0.25) is 0 Å². The molecule has 1 amide bonds. The molecule has 0 unspecified atom stereocenters. The summed E-state index contributed by atoms with van der Waals surface area (Å²) in [5.74, 6) is 0.754. The smallest absolute Gasteiger partial charge is 0.255 e. The Morgan fingerprint density at radius 1 is 1.31 bits per heavy atom. The highest BCUT2D eigenvalue weighted by molar-refractivity contribution is 7.91. The number of methoxy groups -OCH3 is 1. The van der Waals surface area contributed by atoms with Crippen LogP contribution in [0.5, 0.6) is 5.75 Å². The summed E-state index contributed by atoms with van der Waals surface area (Å²) >= 11 is 0. The molecule has 1 aliphatic rings. The molecule has 2 aromatic rings. The van der Waals surface area contributed by atoms with Crippen molar-refractivity contribution in [2.45, 2.75) is 18.9 Å². The lowest BCUT2D eigenvalue weighted by molar-refractivity contribution is 0.0747. The molecule has 1 aromatic heterocycles. The van der Waals surface area contributed by atoms with Crippen molar-refractivity contribution < 1.29 is 17.9 Å². The van der Waals surface area contributed by atoms with Gasteiger partial charge in [-0.2, -0.15) is 0 Å². The first kappa shape index (κ1) is 18.4. The standard InChI is InChI=1S/C19H22N2O4S/c1-21(17-7-8-26(23,24)13-17)19(22)16-10-14(11-20-12-16)9-15-5-3-4-6-18(15)25-2/h3-6,10-12,17H,7-9,13H2,1-2H3/t17-/m1/s1. The van der Waals surface area contributed by atoms with Crippen LogP contribution in [0.15, 0.2) is 42.7 Å². The summed E-state index contributed by atoms with van der Waals surface area (Å²) < 4.78 is 28.7. The molecular formula is C19H22N2O4S. The summed E-state index contributed by atoms with van der Waals surface area (Å²) in [6.07, 6.45) is 4.33. The number of benzene rings is 1. The molecule has 1 atom stereocenters. The number of pyridine rings is 1. The maximum absolute atomic E-state index is 12.7. The molecule has 1 aromatic carbocycles. The van der Waals surface area contributed by atoms with Crippen LogP contribution in [0.1, 0.15) is 27.9 Å². The number of hydrogen-bond acceptors (Lipinski definition) is 5. The van der Waals surface area contributed by atoms with Gasteiger partial charge in [0.1, 0.15) is 5.75 Å². The maximum atomic E-state index is 12.7. The van der Waals surface area contributed by atoms with E-state index < -0.39 is 9.84 Å². The highest BCUT2D eigenvalue weighted by atomic mass is 32.2. The van der Waals surface area contributed by atoms with Crippen molar-refractivity contribution in [1.82, 2.24) is 9.88 Å². The van der Waals surface area contributed by atoms with Crippen molar-refractivity contribution in [3.63, 3.8) is 0 Å². The first-order chi connectivity index (χ1) is 12.4. The molecule has 2 heterocycles. The number of hydrogen-bond donors (Lipinski definition) is 0. The zero-order valence-corrected chi connectivity index (χ0v) is 15.7. The van der Waals surface area contributed by atoms with Gasteiger partial charge < -0.3 is 9.64 Å². The van der Waals surface area contributed by atoms with Gasteiger partial charge in [0.2, 0.25) is 0 Å². The van der Waals surface area contributed by atoms with Crippen LogP contribution in [0, 0.1) is 0 Å². The Hall–Kier alpha value is -2.41. The second-order valence-corrected chi connectivity index (χ2v) is 8.77. The zero-order chi connectivity index (χ0) is 18.7. The number of nitrogens with zero attached hydrogens (tertiary/aromatic N) is 2. The predicted octanol–water partition coefficient (Wildman–Crippen LogP) is 1.94. The van der Waals surface area contributed by atoms with Gasteiger partial charge in [0.25, 0.3) is 5.91 Å². The third kappa shape index (κ3) is 4.04. The van der Waals surface area contributed by atoms with E-state index in [2.05, 4.69) is 4.98 Å². The SMILES string of the molecule is COc1ccccc1Cc1cncc(C(=O)N(C)[C@@H]2CCS(=O)(=O)C2)c1. The molecule has 26 heavy (non-hydrogen) atoms. The van der Waals surface area contributed by atoms with Gasteiger partial charge in [-0.15, -0.1) is 0 Å². The normalized spacial score (nSPS) is 18.5. The van der Waals surface area contributed by atoms with E-state index in [9.17, 15) is 13.2 Å². The Kier molecular flexibility index (Phi) is 5.27. The van der Waals surface area contributed by atoms with E-state index in [-0.39, 0.29) is 23.5 Å². The van der Waals surface area contributed by atoms with Gasteiger partial charge in [-0.05, 0) is 29.7 Å².